The van der Waals surface area contributed by atoms with Gasteiger partial charge in [0.25, 0.3) is 5.56 Å². The molecule has 4 rings (SSSR count). The molecule has 26 heavy (non-hydrogen) atoms. The highest BCUT2D eigenvalue weighted by Crippen LogP contribution is 2.23. The summed E-state index contributed by atoms with van der Waals surface area (Å²) in [4.78, 5) is 25.6. The van der Waals surface area contributed by atoms with Crippen LogP contribution in [0.15, 0.2) is 28.8 Å². The van der Waals surface area contributed by atoms with Gasteiger partial charge in [0.15, 0.2) is 10.9 Å². The molecule has 2 aromatic rings. The highest BCUT2D eigenvalue weighted by molar-refractivity contribution is 7.13. The van der Waals surface area contributed by atoms with Crippen LogP contribution in [-0.2, 0) is 7.05 Å². The minimum absolute atomic E-state index is 0.00935. The lowest BCUT2D eigenvalue weighted by molar-refractivity contribution is 0.333. The Morgan fingerprint density at radius 1 is 1.08 bits per heavy atom. The molecule has 1 N–H and O–H groups in total. The molecular formula is C18H26N6OS. The van der Waals surface area contributed by atoms with Crippen LogP contribution in [0, 0.1) is 0 Å². The van der Waals surface area contributed by atoms with Crippen molar-refractivity contribution in [1.29, 1.82) is 0 Å². The summed E-state index contributed by atoms with van der Waals surface area (Å²) in [5.74, 6) is 0.583. The first-order valence-electron chi connectivity index (χ1n) is 9.38. The summed E-state index contributed by atoms with van der Waals surface area (Å²) in [6.45, 7) is 3.89. The molecule has 0 bridgehead atoms. The molecule has 2 saturated heterocycles. The van der Waals surface area contributed by atoms with E-state index in [0.717, 1.165) is 57.0 Å². The third-order valence-corrected chi connectivity index (χ3v) is 6.21. The van der Waals surface area contributed by atoms with Gasteiger partial charge in [-0.05, 0) is 25.7 Å². The van der Waals surface area contributed by atoms with E-state index in [4.69, 9.17) is 0 Å². The van der Waals surface area contributed by atoms with Crippen LogP contribution in [-0.4, -0.2) is 52.8 Å². The van der Waals surface area contributed by atoms with E-state index in [0.29, 0.717) is 17.9 Å². The Balaban J connectivity index is 1.33. The van der Waals surface area contributed by atoms with Crippen molar-refractivity contribution in [2.24, 2.45) is 7.05 Å². The van der Waals surface area contributed by atoms with Crippen molar-refractivity contribution in [3.05, 3.63) is 34.3 Å². The van der Waals surface area contributed by atoms with E-state index in [1.54, 1.807) is 35.3 Å². The Bertz CT molecular complexity index is 768. The first-order valence-corrected chi connectivity index (χ1v) is 10.3. The van der Waals surface area contributed by atoms with Crippen molar-refractivity contribution < 1.29 is 0 Å². The van der Waals surface area contributed by atoms with Crippen LogP contribution >= 0.6 is 11.3 Å². The number of thiazole rings is 1. The monoisotopic (exact) mass is 374 g/mol. The summed E-state index contributed by atoms with van der Waals surface area (Å²) < 4.78 is 1.60. The van der Waals surface area contributed by atoms with Crippen LogP contribution in [0.25, 0.3) is 0 Å². The molecule has 0 radical (unpaired) electrons. The molecule has 7 nitrogen and oxygen atoms in total. The molecule has 0 aromatic carbocycles. The number of hydrogen-bond acceptors (Lipinski definition) is 7. The van der Waals surface area contributed by atoms with Crippen molar-refractivity contribution in [2.75, 3.05) is 36.0 Å². The summed E-state index contributed by atoms with van der Waals surface area (Å²) in [6.07, 6.45) is 9.83. The predicted molar refractivity (Wildman–Crippen MR) is 105 cm³/mol. The zero-order valence-electron chi connectivity index (χ0n) is 15.2. The largest absolute Gasteiger partial charge is 0.350 e. The normalized spacial score (nSPS) is 22.0. The van der Waals surface area contributed by atoms with Gasteiger partial charge < -0.3 is 19.7 Å². The van der Waals surface area contributed by atoms with Crippen LogP contribution in [0.5, 0.6) is 0 Å². The topological polar surface area (TPSA) is 66.3 Å². The number of anilines is 2. The van der Waals surface area contributed by atoms with E-state index in [2.05, 4.69) is 25.1 Å². The molecular weight excluding hydrogens is 348 g/mol. The van der Waals surface area contributed by atoms with Crippen LogP contribution in [0.4, 0.5) is 10.9 Å². The van der Waals surface area contributed by atoms with Gasteiger partial charge >= 0.3 is 0 Å². The fraction of sp³-hybridized carbons (Fsp3) is 0.611. The standard InChI is InChI=1S/C18H26N6OS/c1-22-11-6-19-16(17(22)25)24-8-2-3-15(13-24)21-14-4-9-23(10-5-14)18-20-7-12-26-18/h6-7,11-12,14-15,21H,2-5,8-10,13H2,1H3/t15-/m0/s1. The van der Waals surface area contributed by atoms with E-state index in [9.17, 15) is 4.79 Å². The second-order valence-electron chi connectivity index (χ2n) is 7.19. The average molecular weight is 375 g/mol. The molecule has 2 aliphatic rings. The van der Waals surface area contributed by atoms with Crippen molar-refractivity contribution in [3.8, 4) is 0 Å². The summed E-state index contributed by atoms with van der Waals surface area (Å²) in [6, 6.07) is 0.967. The summed E-state index contributed by atoms with van der Waals surface area (Å²) in [5.41, 5.74) is -0.00935. The number of piperidine rings is 2. The van der Waals surface area contributed by atoms with Gasteiger partial charge in [-0.3, -0.25) is 4.79 Å². The molecule has 2 fully saturated rings. The third-order valence-electron chi connectivity index (χ3n) is 5.38. The highest BCUT2D eigenvalue weighted by Gasteiger charge is 2.27. The molecule has 2 aliphatic heterocycles. The molecule has 0 unspecified atom stereocenters. The van der Waals surface area contributed by atoms with E-state index >= 15 is 0 Å². The minimum Gasteiger partial charge on any atom is -0.350 e. The maximum absolute atomic E-state index is 12.3. The average Bonchev–Trinajstić information content (AvgIpc) is 3.20. The smallest absolute Gasteiger partial charge is 0.293 e. The highest BCUT2D eigenvalue weighted by atomic mass is 32.1. The number of aromatic nitrogens is 3. The number of rotatable bonds is 4. The number of hydrogen-bond donors (Lipinski definition) is 1. The molecule has 140 valence electrons. The van der Waals surface area contributed by atoms with Gasteiger partial charge in [-0.25, -0.2) is 9.97 Å². The fourth-order valence-corrected chi connectivity index (χ4v) is 4.65. The van der Waals surface area contributed by atoms with E-state index in [1.807, 2.05) is 11.6 Å². The van der Waals surface area contributed by atoms with Crippen LogP contribution in [0.3, 0.4) is 0 Å². The molecule has 8 heteroatoms. The van der Waals surface area contributed by atoms with E-state index < -0.39 is 0 Å². The molecule has 1 atom stereocenters. The molecule has 0 aliphatic carbocycles. The summed E-state index contributed by atoms with van der Waals surface area (Å²) in [7, 11) is 1.78. The van der Waals surface area contributed by atoms with Crippen LogP contribution < -0.4 is 20.7 Å². The second-order valence-corrected chi connectivity index (χ2v) is 8.07. The first-order chi connectivity index (χ1) is 12.7. The van der Waals surface area contributed by atoms with Gasteiger partial charge in [-0.2, -0.15) is 0 Å². The van der Waals surface area contributed by atoms with Crippen molar-refractivity contribution in [2.45, 2.75) is 37.8 Å². The predicted octanol–water partition coefficient (Wildman–Crippen LogP) is 1.46. The second kappa shape index (κ2) is 7.75. The van der Waals surface area contributed by atoms with Crippen LogP contribution in [0.1, 0.15) is 25.7 Å². The Morgan fingerprint density at radius 3 is 2.69 bits per heavy atom. The molecule has 0 spiro atoms. The lowest BCUT2D eigenvalue weighted by Gasteiger charge is -2.38. The Morgan fingerprint density at radius 2 is 1.92 bits per heavy atom. The van der Waals surface area contributed by atoms with Gasteiger partial charge in [0, 0.05) is 69.3 Å². The third kappa shape index (κ3) is 3.76. The Hall–Kier alpha value is -1.93. The SMILES string of the molecule is Cn1ccnc(N2CCC[C@H](NC3CCN(c4nccs4)CC3)C2)c1=O. The zero-order valence-corrected chi connectivity index (χ0v) is 16.0. The number of nitrogens with zero attached hydrogens (tertiary/aromatic N) is 5. The molecule has 4 heterocycles. The van der Waals surface area contributed by atoms with E-state index in [-0.39, 0.29) is 5.56 Å². The maximum Gasteiger partial charge on any atom is 0.293 e. The fourth-order valence-electron chi connectivity index (χ4n) is 3.95. The summed E-state index contributed by atoms with van der Waals surface area (Å²) >= 11 is 1.72. The first kappa shape index (κ1) is 17.5. The van der Waals surface area contributed by atoms with Gasteiger partial charge in [-0.15, -0.1) is 11.3 Å². The van der Waals surface area contributed by atoms with Crippen molar-refractivity contribution in [3.63, 3.8) is 0 Å². The summed E-state index contributed by atoms with van der Waals surface area (Å²) in [5, 5.41) is 7.01. The minimum atomic E-state index is -0.00935. The molecule has 0 saturated carbocycles. The van der Waals surface area contributed by atoms with Gasteiger partial charge in [0.05, 0.1) is 0 Å². The molecule has 0 amide bonds. The maximum atomic E-state index is 12.3. The zero-order chi connectivity index (χ0) is 17.9. The Kier molecular flexibility index (Phi) is 5.21. The van der Waals surface area contributed by atoms with Crippen molar-refractivity contribution in [1.82, 2.24) is 19.9 Å². The van der Waals surface area contributed by atoms with Gasteiger partial charge in [0.2, 0.25) is 0 Å². The Labute approximate surface area is 157 Å². The molecule has 2 aromatic heterocycles. The van der Waals surface area contributed by atoms with E-state index in [1.165, 1.54) is 0 Å². The lowest BCUT2D eigenvalue weighted by Crippen LogP contribution is -2.53. The van der Waals surface area contributed by atoms with Gasteiger partial charge in [0.1, 0.15) is 0 Å². The van der Waals surface area contributed by atoms with Gasteiger partial charge in [-0.1, -0.05) is 0 Å². The quantitative estimate of drug-likeness (QED) is 0.874. The van der Waals surface area contributed by atoms with Crippen molar-refractivity contribution >= 4 is 22.3 Å². The number of aryl methyl sites for hydroxylation is 1. The number of nitrogens with one attached hydrogen (secondary N) is 1. The lowest BCUT2D eigenvalue weighted by atomic mass is 10.0. The van der Waals surface area contributed by atoms with Crippen LogP contribution in [0.2, 0.25) is 0 Å².